The third-order valence-electron chi connectivity index (χ3n) is 3.43. The Balaban J connectivity index is 1.77. The molecule has 1 saturated carbocycles. The number of halogens is 2. The second-order valence-corrected chi connectivity index (χ2v) is 4.60. The van der Waals surface area contributed by atoms with Gasteiger partial charge >= 0.3 is 5.97 Å². The summed E-state index contributed by atoms with van der Waals surface area (Å²) in [6, 6.07) is 0.181. The number of carboxylic acids is 1. The standard InChI is InChI=1S/C10H15F2NO2/c11-10(12)5-13(6-10)8-3-1-7(2-4-8)9(14)15/h7-8H,1-6H2,(H,14,15). The van der Waals surface area contributed by atoms with Crippen LogP contribution in [0.15, 0.2) is 0 Å². The van der Waals surface area contributed by atoms with E-state index < -0.39 is 11.9 Å². The van der Waals surface area contributed by atoms with Gasteiger partial charge in [-0.1, -0.05) is 0 Å². The molecule has 0 bridgehead atoms. The fourth-order valence-corrected chi connectivity index (χ4v) is 2.49. The number of carboxylic acid groups (broad SMARTS) is 1. The monoisotopic (exact) mass is 219 g/mol. The van der Waals surface area contributed by atoms with Crippen LogP contribution in [0.3, 0.4) is 0 Å². The molecule has 0 amide bonds. The lowest BCUT2D eigenvalue weighted by atomic mass is 9.84. The quantitative estimate of drug-likeness (QED) is 0.766. The van der Waals surface area contributed by atoms with Crippen LogP contribution in [0.4, 0.5) is 8.78 Å². The van der Waals surface area contributed by atoms with Crippen molar-refractivity contribution in [2.24, 2.45) is 5.92 Å². The van der Waals surface area contributed by atoms with Gasteiger partial charge in [-0.2, -0.15) is 0 Å². The van der Waals surface area contributed by atoms with Gasteiger partial charge in [-0.25, -0.2) is 8.78 Å². The van der Waals surface area contributed by atoms with Crippen LogP contribution in [-0.2, 0) is 4.79 Å². The first kappa shape index (κ1) is 10.8. The summed E-state index contributed by atoms with van der Waals surface area (Å²) >= 11 is 0. The molecular weight excluding hydrogens is 204 g/mol. The normalized spacial score (nSPS) is 35.9. The Labute approximate surface area is 87.1 Å². The van der Waals surface area contributed by atoms with E-state index >= 15 is 0 Å². The van der Waals surface area contributed by atoms with Gasteiger partial charge in [-0.05, 0) is 25.7 Å². The molecule has 86 valence electrons. The Hall–Kier alpha value is -0.710. The van der Waals surface area contributed by atoms with Gasteiger partial charge in [-0.3, -0.25) is 9.69 Å². The first-order chi connectivity index (χ1) is 6.98. The molecule has 0 aromatic carbocycles. The number of hydrogen-bond donors (Lipinski definition) is 1. The van der Waals surface area contributed by atoms with Crippen LogP contribution < -0.4 is 0 Å². The fraction of sp³-hybridized carbons (Fsp3) is 0.900. The van der Waals surface area contributed by atoms with Gasteiger partial charge in [0.25, 0.3) is 5.92 Å². The maximum absolute atomic E-state index is 12.6. The molecule has 0 radical (unpaired) electrons. The van der Waals surface area contributed by atoms with Crippen molar-refractivity contribution in [2.75, 3.05) is 13.1 Å². The summed E-state index contributed by atoms with van der Waals surface area (Å²) in [6.45, 7) is -0.287. The molecule has 2 rings (SSSR count). The van der Waals surface area contributed by atoms with E-state index in [1.165, 1.54) is 0 Å². The van der Waals surface area contributed by atoms with Crippen LogP contribution >= 0.6 is 0 Å². The Bertz CT molecular complexity index is 254. The largest absolute Gasteiger partial charge is 0.481 e. The highest BCUT2D eigenvalue weighted by Gasteiger charge is 2.47. The summed E-state index contributed by atoms with van der Waals surface area (Å²) in [5, 5.41) is 8.78. The van der Waals surface area contributed by atoms with Gasteiger partial charge < -0.3 is 5.11 Å². The molecule has 0 aromatic rings. The minimum absolute atomic E-state index is 0.143. The van der Waals surface area contributed by atoms with Crippen molar-refractivity contribution in [3.8, 4) is 0 Å². The molecule has 1 saturated heterocycles. The Morgan fingerprint density at radius 3 is 2.13 bits per heavy atom. The molecule has 15 heavy (non-hydrogen) atoms. The van der Waals surface area contributed by atoms with Gasteiger partial charge in [-0.15, -0.1) is 0 Å². The lowest BCUT2D eigenvalue weighted by Crippen LogP contribution is -2.60. The van der Waals surface area contributed by atoms with E-state index in [2.05, 4.69) is 0 Å². The summed E-state index contributed by atoms with van der Waals surface area (Å²) < 4.78 is 25.2. The predicted octanol–water partition coefficient (Wildman–Crippen LogP) is 1.58. The van der Waals surface area contributed by atoms with Crippen LogP contribution in [0.25, 0.3) is 0 Å². The van der Waals surface area contributed by atoms with Crippen molar-refractivity contribution in [3.63, 3.8) is 0 Å². The number of carbonyl (C=O) groups is 1. The van der Waals surface area contributed by atoms with Crippen molar-refractivity contribution in [3.05, 3.63) is 0 Å². The highest BCUT2D eigenvalue weighted by Crippen LogP contribution is 2.35. The van der Waals surface area contributed by atoms with Crippen LogP contribution in [0.1, 0.15) is 25.7 Å². The average Bonchev–Trinajstić information content (AvgIpc) is 2.14. The van der Waals surface area contributed by atoms with E-state index in [1.54, 1.807) is 4.90 Å². The average molecular weight is 219 g/mol. The Kier molecular flexibility index (Phi) is 2.66. The third-order valence-corrected chi connectivity index (χ3v) is 3.43. The summed E-state index contributed by atoms with van der Waals surface area (Å²) in [5.41, 5.74) is 0. The van der Waals surface area contributed by atoms with E-state index in [-0.39, 0.29) is 25.0 Å². The number of rotatable bonds is 2. The molecule has 2 aliphatic rings. The zero-order chi connectivity index (χ0) is 11.1. The zero-order valence-electron chi connectivity index (χ0n) is 8.46. The van der Waals surface area contributed by atoms with Crippen LogP contribution in [0.5, 0.6) is 0 Å². The maximum Gasteiger partial charge on any atom is 0.306 e. The van der Waals surface area contributed by atoms with Gasteiger partial charge in [0.2, 0.25) is 0 Å². The molecule has 0 unspecified atom stereocenters. The molecular formula is C10H15F2NO2. The molecule has 2 fully saturated rings. The molecule has 1 aliphatic carbocycles. The van der Waals surface area contributed by atoms with E-state index in [0.717, 1.165) is 12.8 Å². The highest BCUT2D eigenvalue weighted by atomic mass is 19.3. The minimum atomic E-state index is -2.51. The molecule has 3 nitrogen and oxygen atoms in total. The van der Waals surface area contributed by atoms with Crippen molar-refractivity contribution in [1.29, 1.82) is 0 Å². The Morgan fingerprint density at radius 2 is 1.73 bits per heavy atom. The molecule has 0 aromatic heterocycles. The molecule has 5 heteroatoms. The summed E-state index contributed by atoms with van der Waals surface area (Å²) in [5.74, 6) is -3.52. The van der Waals surface area contributed by atoms with Crippen molar-refractivity contribution < 1.29 is 18.7 Å². The number of nitrogens with zero attached hydrogens (tertiary/aromatic N) is 1. The lowest BCUT2D eigenvalue weighted by Gasteiger charge is -2.45. The molecule has 1 heterocycles. The van der Waals surface area contributed by atoms with Crippen molar-refractivity contribution in [1.82, 2.24) is 4.90 Å². The van der Waals surface area contributed by atoms with E-state index in [1.807, 2.05) is 0 Å². The molecule has 1 N–H and O–H groups in total. The summed E-state index contributed by atoms with van der Waals surface area (Å²) in [4.78, 5) is 12.5. The SMILES string of the molecule is O=C(O)C1CCC(N2CC(F)(F)C2)CC1. The second-order valence-electron chi connectivity index (χ2n) is 4.60. The second kappa shape index (κ2) is 3.70. The molecule has 0 spiro atoms. The molecule has 1 aliphatic heterocycles. The first-order valence-corrected chi connectivity index (χ1v) is 5.33. The maximum atomic E-state index is 12.6. The Morgan fingerprint density at radius 1 is 1.20 bits per heavy atom. The number of alkyl halides is 2. The number of aliphatic carboxylic acids is 1. The third kappa shape index (κ3) is 2.27. The highest BCUT2D eigenvalue weighted by molar-refractivity contribution is 5.70. The fourth-order valence-electron chi connectivity index (χ4n) is 2.49. The van der Waals surface area contributed by atoms with Crippen molar-refractivity contribution in [2.45, 2.75) is 37.6 Å². The van der Waals surface area contributed by atoms with Crippen LogP contribution in [0.2, 0.25) is 0 Å². The molecule has 0 atom stereocenters. The van der Waals surface area contributed by atoms with E-state index in [0.29, 0.717) is 12.8 Å². The summed E-state index contributed by atoms with van der Waals surface area (Å²) in [6.07, 6.45) is 2.74. The van der Waals surface area contributed by atoms with E-state index in [4.69, 9.17) is 5.11 Å². The minimum Gasteiger partial charge on any atom is -0.481 e. The zero-order valence-corrected chi connectivity index (χ0v) is 8.46. The number of hydrogen-bond acceptors (Lipinski definition) is 2. The van der Waals surface area contributed by atoms with E-state index in [9.17, 15) is 13.6 Å². The smallest absolute Gasteiger partial charge is 0.306 e. The van der Waals surface area contributed by atoms with Crippen LogP contribution in [-0.4, -0.2) is 41.0 Å². The topological polar surface area (TPSA) is 40.5 Å². The number of likely N-dealkylation sites (tertiary alicyclic amines) is 1. The van der Waals surface area contributed by atoms with Gasteiger partial charge in [0.15, 0.2) is 0 Å². The van der Waals surface area contributed by atoms with Crippen molar-refractivity contribution >= 4 is 5.97 Å². The van der Waals surface area contributed by atoms with Gasteiger partial charge in [0, 0.05) is 6.04 Å². The van der Waals surface area contributed by atoms with Crippen LogP contribution in [0, 0.1) is 5.92 Å². The van der Waals surface area contributed by atoms with Gasteiger partial charge in [0.05, 0.1) is 19.0 Å². The van der Waals surface area contributed by atoms with Gasteiger partial charge in [0.1, 0.15) is 0 Å². The lowest BCUT2D eigenvalue weighted by molar-refractivity contribution is -0.155. The summed E-state index contributed by atoms with van der Waals surface area (Å²) in [7, 11) is 0. The predicted molar refractivity (Wildman–Crippen MR) is 49.9 cm³/mol. The first-order valence-electron chi connectivity index (χ1n) is 5.33.